The lowest BCUT2D eigenvalue weighted by Gasteiger charge is -2.06. The maximum absolute atomic E-state index is 9.83. The van der Waals surface area contributed by atoms with Gasteiger partial charge in [0.15, 0.2) is 0 Å². The number of nitrogens with two attached hydrogens (primary N) is 1. The van der Waals surface area contributed by atoms with Gasteiger partial charge < -0.3 is 10.8 Å². The van der Waals surface area contributed by atoms with E-state index in [1.54, 1.807) is 12.1 Å². The lowest BCUT2D eigenvalue weighted by molar-refractivity contribution is 0.484. The van der Waals surface area contributed by atoms with Gasteiger partial charge in [0.2, 0.25) is 0 Å². The van der Waals surface area contributed by atoms with Gasteiger partial charge in [0.05, 0.1) is 0 Å². The molecule has 0 fully saturated rings. The third kappa shape index (κ3) is 1.56. The van der Waals surface area contributed by atoms with Crippen LogP contribution in [0, 0.1) is 5.53 Å². The van der Waals surface area contributed by atoms with Crippen LogP contribution in [0.15, 0.2) is 45.9 Å². The van der Waals surface area contributed by atoms with E-state index in [0.29, 0.717) is 11.1 Å². The number of rotatable bonds is 2. The van der Waals surface area contributed by atoms with Gasteiger partial charge in [0, 0.05) is 5.39 Å². The second-order valence-corrected chi connectivity index (χ2v) is 3.17. The highest BCUT2D eigenvalue weighted by Crippen LogP contribution is 2.38. The molecule has 0 aliphatic rings. The number of nitrogens with one attached hydrogen (secondary N) is 1. The van der Waals surface area contributed by atoms with Gasteiger partial charge >= 0.3 is 0 Å². The molecule has 0 saturated heterocycles. The van der Waals surface area contributed by atoms with Crippen molar-refractivity contribution in [3.05, 3.63) is 30.3 Å². The predicted molar refractivity (Wildman–Crippen MR) is 59.7 cm³/mol. The van der Waals surface area contributed by atoms with Crippen LogP contribution in [0.2, 0.25) is 0 Å². The normalized spacial score (nSPS) is 11.0. The molecule has 0 bridgehead atoms. The van der Waals surface area contributed by atoms with Crippen molar-refractivity contribution in [3.8, 4) is 5.75 Å². The summed E-state index contributed by atoms with van der Waals surface area (Å²) in [7, 11) is 0. The van der Waals surface area contributed by atoms with Crippen LogP contribution in [0.3, 0.4) is 0 Å². The Morgan fingerprint density at radius 1 is 1.25 bits per heavy atom. The maximum atomic E-state index is 9.83. The molecule has 16 heavy (non-hydrogen) atoms. The Morgan fingerprint density at radius 2 is 2.00 bits per heavy atom. The van der Waals surface area contributed by atoms with E-state index in [4.69, 9.17) is 11.3 Å². The lowest BCUT2D eigenvalue weighted by Crippen LogP contribution is -1.87. The summed E-state index contributed by atoms with van der Waals surface area (Å²) >= 11 is 0. The predicted octanol–water partition coefficient (Wildman–Crippen LogP) is 3.16. The smallest absolute Gasteiger partial charge is 0.148 e. The Morgan fingerprint density at radius 3 is 2.75 bits per heavy atom. The summed E-state index contributed by atoms with van der Waals surface area (Å²) in [5.74, 6) is -0.0305. The molecule has 0 aromatic heterocycles. The van der Waals surface area contributed by atoms with Crippen LogP contribution in [0.5, 0.6) is 5.75 Å². The van der Waals surface area contributed by atoms with Crippen molar-refractivity contribution in [3.63, 3.8) is 0 Å². The number of aromatic hydroxyl groups is 1. The van der Waals surface area contributed by atoms with E-state index in [1.165, 1.54) is 0 Å². The number of hydrogen-bond donors (Lipinski definition) is 3. The number of hydrogen-bond acceptors (Lipinski definition) is 4. The van der Waals surface area contributed by atoms with Crippen LogP contribution in [0.1, 0.15) is 0 Å². The lowest BCUT2D eigenvalue weighted by atomic mass is 10.1. The first-order valence-electron chi connectivity index (χ1n) is 4.51. The van der Waals surface area contributed by atoms with E-state index in [9.17, 15) is 5.11 Å². The van der Waals surface area contributed by atoms with Gasteiger partial charge in [-0.15, -0.1) is 5.11 Å². The number of fused-ring (bicyclic) bond motifs is 1. The molecule has 0 saturated carbocycles. The summed E-state index contributed by atoms with van der Waals surface area (Å²) in [6.45, 7) is 0. The molecule has 2 aromatic rings. The molecule has 4 N–H and O–H groups in total. The zero-order valence-corrected chi connectivity index (χ0v) is 8.25. The average Bonchev–Trinajstić information content (AvgIpc) is 2.32. The van der Waals surface area contributed by atoms with Crippen molar-refractivity contribution in [1.82, 2.24) is 0 Å². The molecule has 2 aromatic carbocycles. The van der Waals surface area contributed by atoms with E-state index in [1.807, 2.05) is 18.2 Å². The number of nitrogen functional groups attached to an aromatic ring is 1. The van der Waals surface area contributed by atoms with Gasteiger partial charge in [-0.05, 0) is 21.9 Å². The maximum Gasteiger partial charge on any atom is 0.148 e. The van der Waals surface area contributed by atoms with E-state index in [-0.39, 0.29) is 11.4 Å². The van der Waals surface area contributed by atoms with Gasteiger partial charge in [-0.1, -0.05) is 24.3 Å². The van der Waals surface area contributed by atoms with Crippen molar-refractivity contribution in [1.29, 1.82) is 5.53 Å². The number of anilines is 1. The van der Waals surface area contributed by atoms with E-state index < -0.39 is 0 Å². The number of nitrogens with zero attached hydrogens (tertiary/aromatic N) is 3. The van der Waals surface area contributed by atoms with Crippen LogP contribution >= 0.6 is 0 Å². The SMILES string of the molecule is N=NN=Nc1cc2ccccc2c(O)c1N. The van der Waals surface area contributed by atoms with Crippen molar-refractivity contribution in [2.75, 3.05) is 5.73 Å². The van der Waals surface area contributed by atoms with Crippen LogP contribution in [-0.4, -0.2) is 5.11 Å². The summed E-state index contributed by atoms with van der Waals surface area (Å²) in [5.41, 5.74) is 12.6. The molecule has 0 atom stereocenters. The summed E-state index contributed by atoms with van der Waals surface area (Å²) < 4.78 is 0. The van der Waals surface area contributed by atoms with Gasteiger partial charge in [-0.25, -0.2) is 0 Å². The highest BCUT2D eigenvalue weighted by molar-refractivity contribution is 5.97. The first kappa shape index (κ1) is 10.0. The van der Waals surface area contributed by atoms with E-state index >= 15 is 0 Å². The number of benzene rings is 2. The standard InChI is InChI=1S/C10H9N5O/c11-9-8(13-15-14-12)5-6-3-1-2-4-7(6)10(9)16/h1-5,12,16H,11H2. The first-order chi connectivity index (χ1) is 7.74. The zero-order chi connectivity index (χ0) is 11.5. The monoisotopic (exact) mass is 215 g/mol. The molecule has 0 aliphatic carbocycles. The minimum Gasteiger partial charge on any atom is -0.505 e. The van der Waals surface area contributed by atoms with Crippen LogP contribution in [0.25, 0.3) is 10.8 Å². The number of phenols is 1. The third-order valence-electron chi connectivity index (χ3n) is 2.24. The van der Waals surface area contributed by atoms with Gasteiger partial charge in [-0.3, -0.25) is 0 Å². The second-order valence-electron chi connectivity index (χ2n) is 3.17. The van der Waals surface area contributed by atoms with Crippen LogP contribution < -0.4 is 5.73 Å². The summed E-state index contributed by atoms with van der Waals surface area (Å²) in [5, 5.41) is 20.8. The second kappa shape index (κ2) is 3.93. The topological polar surface area (TPSA) is 107 Å². The molecule has 0 spiro atoms. The molecular weight excluding hydrogens is 206 g/mol. The Balaban J connectivity index is 2.73. The molecular formula is C10H9N5O. The molecule has 6 heteroatoms. The fourth-order valence-electron chi connectivity index (χ4n) is 1.48. The molecule has 0 amide bonds. The highest BCUT2D eigenvalue weighted by Gasteiger charge is 2.08. The third-order valence-corrected chi connectivity index (χ3v) is 2.24. The minimum absolute atomic E-state index is 0.0305. The molecule has 0 aliphatic heterocycles. The van der Waals surface area contributed by atoms with Gasteiger partial charge in [0.25, 0.3) is 0 Å². The zero-order valence-electron chi connectivity index (χ0n) is 8.25. The highest BCUT2D eigenvalue weighted by atomic mass is 16.3. The number of phenolic OH excluding ortho intramolecular Hbond substituents is 1. The van der Waals surface area contributed by atoms with E-state index in [2.05, 4.69) is 15.6 Å². The summed E-state index contributed by atoms with van der Waals surface area (Å²) in [6, 6.07) is 8.91. The fraction of sp³-hybridized carbons (Fsp3) is 0. The van der Waals surface area contributed by atoms with Crippen molar-refractivity contribution in [2.24, 2.45) is 15.6 Å². The first-order valence-corrected chi connectivity index (χ1v) is 4.51. The summed E-state index contributed by atoms with van der Waals surface area (Å²) in [4.78, 5) is 0. The molecule has 0 unspecified atom stereocenters. The largest absolute Gasteiger partial charge is 0.505 e. The Hall–Kier alpha value is -2.50. The molecule has 80 valence electrons. The van der Waals surface area contributed by atoms with Crippen molar-refractivity contribution >= 4 is 22.1 Å². The minimum atomic E-state index is -0.0305. The Labute approximate surface area is 90.9 Å². The molecule has 0 radical (unpaired) electrons. The van der Waals surface area contributed by atoms with E-state index in [0.717, 1.165) is 5.39 Å². The summed E-state index contributed by atoms with van der Waals surface area (Å²) in [6.07, 6.45) is 0. The fourth-order valence-corrected chi connectivity index (χ4v) is 1.48. The van der Waals surface area contributed by atoms with Crippen LogP contribution in [0.4, 0.5) is 11.4 Å². The van der Waals surface area contributed by atoms with Crippen molar-refractivity contribution < 1.29 is 5.11 Å². The quantitative estimate of drug-likeness (QED) is 0.309. The van der Waals surface area contributed by atoms with Crippen molar-refractivity contribution in [2.45, 2.75) is 0 Å². The Bertz CT molecular complexity index is 579. The van der Waals surface area contributed by atoms with Crippen LogP contribution in [-0.2, 0) is 0 Å². The average molecular weight is 215 g/mol. The van der Waals surface area contributed by atoms with Gasteiger partial charge in [-0.2, -0.15) is 5.53 Å². The Kier molecular flexibility index (Phi) is 2.47. The van der Waals surface area contributed by atoms with Gasteiger partial charge in [0.1, 0.15) is 17.1 Å². The molecule has 6 nitrogen and oxygen atoms in total. The molecule has 2 rings (SSSR count). The molecule has 0 heterocycles.